The lowest BCUT2D eigenvalue weighted by Gasteiger charge is -2.21. The lowest BCUT2D eigenvalue weighted by Crippen LogP contribution is -2.32. The number of aryl methyl sites for hydroxylation is 1. The van der Waals surface area contributed by atoms with E-state index in [1.54, 1.807) is 13.8 Å². The van der Waals surface area contributed by atoms with E-state index in [1.165, 1.54) is 16.4 Å². The Morgan fingerprint density at radius 3 is 2.61 bits per heavy atom. The van der Waals surface area contributed by atoms with E-state index in [4.69, 9.17) is 0 Å². The predicted molar refractivity (Wildman–Crippen MR) is 74.0 cm³/mol. The first-order valence-corrected chi connectivity index (χ1v) is 8.32. The van der Waals surface area contributed by atoms with Gasteiger partial charge in [0, 0.05) is 18.4 Å². The summed E-state index contributed by atoms with van der Waals surface area (Å²) in [5, 5.41) is 0.737. The van der Waals surface area contributed by atoms with Crippen LogP contribution in [-0.2, 0) is 10.0 Å². The van der Waals surface area contributed by atoms with Crippen LogP contribution in [0, 0.1) is 12.7 Å². The third kappa shape index (κ3) is 3.52. The number of benzene rings is 1. The van der Waals surface area contributed by atoms with Gasteiger partial charge in [0.2, 0.25) is 10.0 Å². The Morgan fingerprint density at radius 2 is 2.06 bits per heavy atom. The molecule has 1 rings (SSSR count). The van der Waals surface area contributed by atoms with Crippen LogP contribution in [0.15, 0.2) is 23.1 Å². The summed E-state index contributed by atoms with van der Waals surface area (Å²) in [6.07, 6.45) is 0.724. The molecule has 0 saturated carbocycles. The van der Waals surface area contributed by atoms with E-state index >= 15 is 0 Å². The highest BCUT2D eigenvalue weighted by atomic mass is 79.9. The maximum Gasteiger partial charge on any atom is 0.243 e. The maximum absolute atomic E-state index is 13.2. The van der Waals surface area contributed by atoms with Gasteiger partial charge in [-0.05, 0) is 31.0 Å². The molecule has 0 fully saturated rings. The van der Waals surface area contributed by atoms with Crippen molar-refractivity contribution >= 4 is 26.0 Å². The molecule has 0 saturated heterocycles. The summed E-state index contributed by atoms with van der Waals surface area (Å²) < 4.78 is 39.4. The first-order valence-electron chi connectivity index (χ1n) is 5.75. The average molecular weight is 338 g/mol. The molecule has 0 heterocycles. The van der Waals surface area contributed by atoms with Crippen LogP contribution < -0.4 is 0 Å². The van der Waals surface area contributed by atoms with Crippen molar-refractivity contribution in [2.24, 2.45) is 0 Å². The highest BCUT2D eigenvalue weighted by Crippen LogP contribution is 2.21. The minimum absolute atomic E-state index is 0.0546. The van der Waals surface area contributed by atoms with Crippen LogP contribution in [-0.4, -0.2) is 31.1 Å². The molecule has 3 nitrogen and oxygen atoms in total. The van der Waals surface area contributed by atoms with Crippen LogP contribution in [0.4, 0.5) is 4.39 Å². The van der Waals surface area contributed by atoms with Gasteiger partial charge in [0.25, 0.3) is 0 Å². The standard InChI is InChI=1S/C12H17BrFNO2S/c1-3-15(8-4-7-13)18(16,17)12-9-11(14)6-5-10(12)2/h5-6,9H,3-4,7-8H2,1-2H3. The van der Waals surface area contributed by atoms with E-state index in [9.17, 15) is 12.8 Å². The van der Waals surface area contributed by atoms with Crippen LogP contribution in [0.3, 0.4) is 0 Å². The third-order valence-corrected chi connectivity index (χ3v) is 5.34. The van der Waals surface area contributed by atoms with Crippen LogP contribution in [0.25, 0.3) is 0 Å². The van der Waals surface area contributed by atoms with E-state index in [1.807, 2.05) is 0 Å². The molecule has 0 aliphatic rings. The van der Waals surface area contributed by atoms with Gasteiger partial charge < -0.3 is 0 Å². The first-order chi connectivity index (χ1) is 8.43. The monoisotopic (exact) mass is 337 g/mol. The number of alkyl halides is 1. The summed E-state index contributed by atoms with van der Waals surface area (Å²) in [6.45, 7) is 4.26. The molecular formula is C12H17BrFNO2S. The van der Waals surface area contributed by atoms with E-state index in [2.05, 4.69) is 15.9 Å². The number of hydrogen-bond acceptors (Lipinski definition) is 2. The van der Waals surface area contributed by atoms with Crippen molar-refractivity contribution in [3.63, 3.8) is 0 Å². The van der Waals surface area contributed by atoms with Gasteiger partial charge in [-0.3, -0.25) is 0 Å². The summed E-state index contributed by atoms with van der Waals surface area (Å²) in [5.74, 6) is -0.532. The number of rotatable bonds is 6. The lowest BCUT2D eigenvalue weighted by molar-refractivity contribution is 0.427. The number of sulfonamides is 1. The van der Waals surface area contributed by atoms with E-state index in [0.717, 1.165) is 17.8 Å². The minimum atomic E-state index is -3.60. The molecule has 1 aromatic carbocycles. The second-order valence-corrected chi connectivity index (χ2v) is 6.65. The van der Waals surface area contributed by atoms with E-state index in [-0.39, 0.29) is 4.90 Å². The molecule has 0 aliphatic heterocycles. The zero-order valence-electron chi connectivity index (χ0n) is 10.5. The highest BCUT2D eigenvalue weighted by molar-refractivity contribution is 9.09. The van der Waals surface area contributed by atoms with Gasteiger partial charge in [0.05, 0.1) is 4.90 Å². The van der Waals surface area contributed by atoms with Gasteiger partial charge >= 0.3 is 0 Å². The highest BCUT2D eigenvalue weighted by Gasteiger charge is 2.24. The van der Waals surface area contributed by atoms with Crippen molar-refractivity contribution in [3.8, 4) is 0 Å². The molecule has 0 radical (unpaired) electrons. The van der Waals surface area contributed by atoms with Gasteiger partial charge in [0.1, 0.15) is 5.82 Å². The van der Waals surface area contributed by atoms with Crippen molar-refractivity contribution < 1.29 is 12.8 Å². The molecule has 102 valence electrons. The fourth-order valence-electron chi connectivity index (χ4n) is 1.68. The summed E-state index contributed by atoms with van der Waals surface area (Å²) in [5.41, 5.74) is 0.564. The Hall–Kier alpha value is -0.460. The second kappa shape index (κ2) is 6.63. The summed E-state index contributed by atoms with van der Waals surface area (Å²) >= 11 is 3.27. The fourth-order valence-corrected chi connectivity index (χ4v) is 3.65. The SMILES string of the molecule is CCN(CCCBr)S(=O)(=O)c1cc(F)ccc1C. The minimum Gasteiger partial charge on any atom is -0.207 e. The predicted octanol–water partition coefficient (Wildman–Crippen LogP) is 2.93. The Labute approximate surface area is 116 Å². The van der Waals surface area contributed by atoms with Crippen molar-refractivity contribution in [1.82, 2.24) is 4.31 Å². The van der Waals surface area contributed by atoms with E-state index < -0.39 is 15.8 Å². The molecular weight excluding hydrogens is 321 g/mol. The van der Waals surface area contributed by atoms with Gasteiger partial charge in [-0.2, -0.15) is 4.31 Å². The molecule has 0 amide bonds. The van der Waals surface area contributed by atoms with Gasteiger partial charge in [-0.15, -0.1) is 0 Å². The molecule has 18 heavy (non-hydrogen) atoms. The molecule has 0 aliphatic carbocycles. The zero-order chi connectivity index (χ0) is 13.8. The summed E-state index contributed by atoms with van der Waals surface area (Å²) in [7, 11) is -3.60. The Bertz CT molecular complexity index is 505. The topological polar surface area (TPSA) is 37.4 Å². The summed E-state index contributed by atoms with van der Waals surface area (Å²) in [4.78, 5) is 0.0546. The molecule has 1 aromatic rings. The Kier molecular flexibility index (Phi) is 5.75. The molecule has 0 bridgehead atoms. The maximum atomic E-state index is 13.2. The van der Waals surface area contributed by atoms with Crippen molar-refractivity contribution in [2.75, 3.05) is 18.4 Å². The number of hydrogen-bond donors (Lipinski definition) is 0. The summed E-state index contributed by atoms with van der Waals surface area (Å²) in [6, 6.07) is 3.84. The molecule has 0 unspecified atom stereocenters. The van der Waals surface area contributed by atoms with E-state index in [0.29, 0.717) is 18.7 Å². The fraction of sp³-hybridized carbons (Fsp3) is 0.500. The Morgan fingerprint density at radius 1 is 1.39 bits per heavy atom. The smallest absolute Gasteiger partial charge is 0.207 e. The van der Waals surface area contributed by atoms with Crippen LogP contribution >= 0.6 is 15.9 Å². The molecule has 0 atom stereocenters. The lowest BCUT2D eigenvalue weighted by atomic mass is 10.2. The molecule has 0 N–H and O–H groups in total. The second-order valence-electron chi connectivity index (χ2n) is 3.95. The molecule has 6 heteroatoms. The van der Waals surface area contributed by atoms with Gasteiger partial charge in [-0.1, -0.05) is 28.9 Å². The molecule has 0 aromatic heterocycles. The van der Waals surface area contributed by atoms with Gasteiger partial charge in [-0.25, -0.2) is 12.8 Å². The van der Waals surface area contributed by atoms with Crippen LogP contribution in [0.5, 0.6) is 0 Å². The quantitative estimate of drug-likeness (QED) is 0.748. The molecule has 0 spiro atoms. The largest absolute Gasteiger partial charge is 0.243 e. The van der Waals surface area contributed by atoms with Crippen molar-refractivity contribution in [3.05, 3.63) is 29.6 Å². The third-order valence-electron chi connectivity index (χ3n) is 2.66. The van der Waals surface area contributed by atoms with Crippen LogP contribution in [0.1, 0.15) is 18.9 Å². The normalized spacial score (nSPS) is 12.1. The average Bonchev–Trinajstić information content (AvgIpc) is 2.33. The zero-order valence-corrected chi connectivity index (χ0v) is 12.9. The van der Waals surface area contributed by atoms with Crippen LogP contribution in [0.2, 0.25) is 0 Å². The van der Waals surface area contributed by atoms with Crippen molar-refractivity contribution in [2.45, 2.75) is 25.2 Å². The Balaban J connectivity index is 3.14. The van der Waals surface area contributed by atoms with Gasteiger partial charge in [0.15, 0.2) is 0 Å². The number of nitrogens with zero attached hydrogens (tertiary/aromatic N) is 1. The number of halogens is 2. The first kappa shape index (κ1) is 15.6. The van der Waals surface area contributed by atoms with Crippen molar-refractivity contribution in [1.29, 1.82) is 0 Å².